The number of amides is 2. The van der Waals surface area contributed by atoms with Crippen LogP contribution in [0.4, 0.5) is 13.2 Å². The van der Waals surface area contributed by atoms with Gasteiger partial charge in [0.2, 0.25) is 5.91 Å². The van der Waals surface area contributed by atoms with Crippen LogP contribution in [-0.2, 0) is 9.59 Å². The third-order valence-electron chi connectivity index (χ3n) is 5.34. The van der Waals surface area contributed by atoms with Gasteiger partial charge in [0.1, 0.15) is 6.04 Å². The zero-order chi connectivity index (χ0) is 15.6. The van der Waals surface area contributed by atoms with Crippen molar-refractivity contribution in [2.45, 2.75) is 38.9 Å². The molecule has 1 N–H and O–H groups in total. The maximum atomic E-state index is 12.4. The number of carbonyl (C=O) groups is 2. The second kappa shape index (κ2) is 4.36. The molecular weight excluding hydrogens is 285 g/mol. The molecule has 1 heterocycles. The van der Waals surface area contributed by atoms with Crippen molar-refractivity contribution in [3.63, 3.8) is 0 Å². The Morgan fingerprint density at radius 1 is 1.19 bits per heavy atom. The Morgan fingerprint density at radius 2 is 1.71 bits per heavy atom. The second-order valence-electron chi connectivity index (χ2n) is 7.06. The summed E-state index contributed by atoms with van der Waals surface area (Å²) in [6.07, 6.45) is -3.55. The highest BCUT2D eigenvalue weighted by Crippen LogP contribution is 2.62. The van der Waals surface area contributed by atoms with Gasteiger partial charge >= 0.3 is 12.1 Å². The molecule has 3 aliphatic rings. The van der Waals surface area contributed by atoms with Crippen molar-refractivity contribution in [3.05, 3.63) is 0 Å². The molecule has 2 aliphatic carbocycles. The van der Waals surface area contributed by atoms with Crippen LogP contribution in [0.1, 0.15) is 26.7 Å². The Bertz CT molecular complexity index is 471. The minimum absolute atomic E-state index is 0.145. The predicted molar refractivity (Wildman–Crippen MR) is 68.1 cm³/mol. The molecule has 0 aromatic carbocycles. The molecule has 0 unspecified atom stereocenters. The van der Waals surface area contributed by atoms with Crippen molar-refractivity contribution in [1.82, 2.24) is 10.2 Å². The van der Waals surface area contributed by atoms with Crippen LogP contribution in [0.25, 0.3) is 0 Å². The Morgan fingerprint density at radius 3 is 2.14 bits per heavy atom. The van der Waals surface area contributed by atoms with Crippen molar-refractivity contribution < 1.29 is 22.8 Å². The molecule has 1 aliphatic heterocycles. The molecule has 21 heavy (non-hydrogen) atoms. The molecule has 1 saturated heterocycles. The fourth-order valence-electron chi connectivity index (χ4n) is 3.54. The summed E-state index contributed by atoms with van der Waals surface area (Å²) in [6.45, 7) is 5.49. The summed E-state index contributed by atoms with van der Waals surface area (Å²) in [6, 6.07) is -1.01. The molecule has 0 bridgehead atoms. The van der Waals surface area contributed by atoms with Gasteiger partial charge in [-0.1, -0.05) is 13.8 Å². The van der Waals surface area contributed by atoms with Gasteiger partial charge in [-0.15, -0.1) is 0 Å². The minimum atomic E-state index is -4.94. The van der Waals surface area contributed by atoms with E-state index >= 15 is 0 Å². The van der Waals surface area contributed by atoms with Crippen molar-refractivity contribution in [2.24, 2.45) is 23.2 Å². The third-order valence-corrected chi connectivity index (χ3v) is 5.34. The van der Waals surface area contributed by atoms with Crippen LogP contribution in [0.15, 0.2) is 0 Å². The maximum Gasteiger partial charge on any atom is 0.471 e. The van der Waals surface area contributed by atoms with Gasteiger partial charge in [-0.25, -0.2) is 0 Å². The first-order valence-corrected chi connectivity index (χ1v) is 7.29. The van der Waals surface area contributed by atoms with Gasteiger partial charge in [-0.2, -0.15) is 13.2 Å². The topological polar surface area (TPSA) is 49.4 Å². The second-order valence-corrected chi connectivity index (χ2v) is 7.06. The molecule has 0 aromatic rings. The van der Waals surface area contributed by atoms with E-state index in [2.05, 4.69) is 13.8 Å². The zero-order valence-corrected chi connectivity index (χ0v) is 12.0. The lowest BCUT2D eigenvalue weighted by molar-refractivity contribution is -0.175. The van der Waals surface area contributed by atoms with E-state index in [-0.39, 0.29) is 17.2 Å². The normalized spacial score (nSPS) is 31.6. The highest BCUT2D eigenvalue weighted by molar-refractivity contribution is 5.90. The average molecular weight is 304 g/mol. The van der Waals surface area contributed by atoms with Crippen LogP contribution < -0.4 is 5.32 Å². The predicted octanol–water partition coefficient (Wildman–Crippen LogP) is 1.56. The number of nitrogens with zero attached hydrogens (tertiary/aromatic N) is 1. The molecule has 0 aromatic heterocycles. The van der Waals surface area contributed by atoms with Crippen LogP contribution in [0.3, 0.4) is 0 Å². The lowest BCUT2D eigenvalue weighted by Crippen LogP contribution is -2.53. The standard InChI is InChI=1S/C14H19F3N2O2/c1-13(2)8-5-19(6-9(8)13)11(20)10(7-3-4-7)18-12(21)14(15,16)17/h7-10H,3-6H2,1-2H3,(H,18,21)/t8-,9+,10-/m0/s1. The van der Waals surface area contributed by atoms with Crippen molar-refractivity contribution in [3.8, 4) is 0 Å². The zero-order valence-electron chi connectivity index (χ0n) is 12.0. The fourth-order valence-corrected chi connectivity index (χ4v) is 3.54. The largest absolute Gasteiger partial charge is 0.471 e. The average Bonchev–Trinajstić information content (AvgIpc) is 3.21. The summed E-state index contributed by atoms with van der Waals surface area (Å²) < 4.78 is 37.1. The number of nitrogens with one attached hydrogen (secondary N) is 1. The summed E-state index contributed by atoms with van der Waals surface area (Å²) in [7, 11) is 0. The Labute approximate surface area is 121 Å². The van der Waals surface area contributed by atoms with Gasteiger partial charge in [-0.05, 0) is 36.0 Å². The van der Waals surface area contributed by atoms with Gasteiger partial charge in [0.05, 0.1) is 0 Å². The summed E-state index contributed by atoms with van der Waals surface area (Å²) in [4.78, 5) is 25.1. The van der Waals surface area contributed by atoms with E-state index in [9.17, 15) is 22.8 Å². The number of alkyl halides is 3. The number of piperidine rings is 1. The van der Waals surface area contributed by atoms with E-state index in [1.54, 1.807) is 4.90 Å². The van der Waals surface area contributed by atoms with Gasteiger partial charge < -0.3 is 10.2 Å². The first-order valence-electron chi connectivity index (χ1n) is 7.29. The highest BCUT2D eigenvalue weighted by atomic mass is 19.4. The first kappa shape index (κ1) is 14.7. The molecule has 3 atom stereocenters. The van der Waals surface area contributed by atoms with E-state index in [4.69, 9.17) is 0 Å². The molecular formula is C14H19F3N2O2. The summed E-state index contributed by atoms with van der Waals surface area (Å²) in [5.41, 5.74) is 0.237. The van der Waals surface area contributed by atoms with Gasteiger partial charge in [0.15, 0.2) is 0 Å². The van der Waals surface area contributed by atoms with Crippen LogP contribution in [-0.4, -0.2) is 42.0 Å². The van der Waals surface area contributed by atoms with E-state index < -0.39 is 18.1 Å². The Kier molecular flexibility index (Phi) is 3.05. The number of fused-ring (bicyclic) bond motifs is 1. The molecule has 118 valence electrons. The monoisotopic (exact) mass is 304 g/mol. The van der Waals surface area contributed by atoms with Gasteiger partial charge in [0, 0.05) is 13.1 Å². The lowest BCUT2D eigenvalue weighted by Gasteiger charge is -2.27. The smallest absolute Gasteiger partial charge is 0.340 e. The third kappa shape index (κ3) is 2.51. The number of halogens is 3. The summed E-state index contributed by atoms with van der Waals surface area (Å²) >= 11 is 0. The van der Waals surface area contributed by atoms with Crippen LogP contribution in [0.5, 0.6) is 0 Å². The molecule has 2 amide bonds. The van der Waals surface area contributed by atoms with Crippen molar-refractivity contribution in [1.29, 1.82) is 0 Å². The number of rotatable bonds is 3. The molecule has 0 radical (unpaired) electrons. The maximum absolute atomic E-state index is 12.4. The van der Waals surface area contributed by atoms with E-state index in [0.29, 0.717) is 37.8 Å². The summed E-state index contributed by atoms with van der Waals surface area (Å²) in [5, 5.41) is 1.89. The van der Waals surface area contributed by atoms with Crippen LogP contribution in [0.2, 0.25) is 0 Å². The quantitative estimate of drug-likeness (QED) is 0.860. The minimum Gasteiger partial charge on any atom is -0.340 e. The SMILES string of the molecule is CC1(C)[C@@H]2CN(C(=O)[C@@H](NC(=O)C(F)(F)F)C3CC3)C[C@@H]21. The molecule has 2 saturated carbocycles. The van der Waals surface area contributed by atoms with E-state index in [1.165, 1.54) is 0 Å². The lowest BCUT2D eigenvalue weighted by atomic mass is 10.0. The van der Waals surface area contributed by atoms with Gasteiger partial charge in [-0.3, -0.25) is 9.59 Å². The molecule has 7 heteroatoms. The molecule has 3 rings (SSSR count). The van der Waals surface area contributed by atoms with Crippen LogP contribution in [0, 0.1) is 23.2 Å². The summed E-state index contributed by atoms with van der Waals surface area (Å²) in [5.74, 6) is -1.62. The van der Waals surface area contributed by atoms with Crippen molar-refractivity contribution >= 4 is 11.8 Å². The Balaban J connectivity index is 1.63. The van der Waals surface area contributed by atoms with Crippen LogP contribution >= 0.6 is 0 Å². The Hall–Kier alpha value is -1.27. The fraction of sp³-hybridized carbons (Fsp3) is 0.857. The first-order chi connectivity index (χ1) is 9.62. The van der Waals surface area contributed by atoms with Gasteiger partial charge in [0.25, 0.3) is 0 Å². The number of likely N-dealkylation sites (tertiary alicyclic amines) is 1. The molecule has 3 fully saturated rings. The molecule has 4 nitrogen and oxygen atoms in total. The number of hydrogen-bond acceptors (Lipinski definition) is 2. The number of hydrogen-bond donors (Lipinski definition) is 1. The van der Waals surface area contributed by atoms with Crippen molar-refractivity contribution in [2.75, 3.05) is 13.1 Å². The van der Waals surface area contributed by atoms with E-state index in [0.717, 1.165) is 0 Å². The molecule has 0 spiro atoms. The van der Waals surface area contributed by atoms with E-state index in [1.807, 2.05) is 5.32 Å². The number of carbonyl (C=O) groups excluding carboxylic acids is 2. The highest BCUT2D eigenvalue weighted by Gasteiger charge is 2.63.